The van der Waals surface area contributed by atoms with Crippen LogP contribution >= 0.6 is 0 Å². The summed E-state index contributed by atoms with van der Waals surface area (Å²) in [5.41, 5.74) is 6.47. The Morgan fingerprint density at radius 2 is 1.58 bits per heavy atom. The molecule has 0 aliphatic heterocycles. The molecule has 4 aromatic carbocycles. The fraction of sp³-hybridized carbons (Fsp3) is 0.0370. The van der Waals surface area contributed by atoms with Crippen molar-refractivity contribution in [1.82, 2.24) is 5.43 Å². The Hall–Kier alpha value is -4.58. The van der Waals surface area contributed by atoms with Crippen molar-refractivity contribution in [3.05, 3.63) is 114 Å². The number of hydrogen-bond acceptors (Lipinski definition) is 5. The number of benzene rings is 4. The Labute approximate surface area is 191 Å². The molecule has 6 heteroatoms. The first-order valence-electron chi connectivity index (χ1n) is 10.3. The molecule has 0 saturated heterocycles. The second-order valence-corrected chi connectivity index (χ2v) is 7.30. The van der Waals surface area contributed by atoms with Crippen LogP contribution in [0.25, 0.3) is 11.1 Å². The summed E-state index contributed by atoms with van der Waals surface area (Å²) in [5, 5.41) is 22.7. The number of carbonyl (C=O) groups excluding carboxylic acids is 1. The van der Waals surface area contributed by atoms with Gasteiger partial charge in [-0.2, -0.15) is 5.10 Å². The number of carbonyl (C=O) groups is 1. The number of ether oxygens (including phenoxy) is 1. The van der Waals surface area contributed by atoms with Gasteiger partial charge in [0.15, 0.2) is 11.5 Å². The first kappa shape index (κ1) is 21.6. The SMILES string of the molecule is O=C(N/N=C/c1ccc(O)c(O)c1)c1ccc(COc2ccccc2-c2ccccc2)cc1. The third-order valence-electron chi connectivity index (χ3n) is 4.96. The Balaban J connectivity index is 1.35. The normalized spacial score (nSPS) is 10.8. The third-order valence-corrected chi connectivity index (χ3v) is 4.96. The van der Waals surface area contributed by atoms with E-state index in [0.29, 0.717) is 17.7 Å². The second kappa shape index (κ2) is 10.2. The molecular formula is C27H22N2O4. The van der Waals surface area contributed by atoms with Gasteiger partial charge < -0.3 is 14.9 Å². The lowest BCUT2D eigenvalue weighted by Gasteiger charge is -2.12. The summed E-state index contributed by atoms with van der Waals surface area (Å²) >= 11 is 0. The molecule has 0 radical (unpaired) electrons. The summed E-state index contributed by atoms with van der Waals surface area (Å²) in [5.74, 6) is -0.0467. The van der Waals surface area contributed by atoms with Gasteiger partial charge in [-0.1, -0.05) is 60.7 Å². The fourth-order valence-corrected chi connectivity index (χ4v) is 3.21. The number of nitrogens with zero attached hydrogens (tertiary/aromatic N) is 1. The van der Waals surface area contributed by atoms with E-state index in [0.717, 1.165) is 22.4 Å². The van der Waals surface area contributed by atoms with Gasteiger partial charge in [0.25, 0.3) is 5.91 Å². The lowest BCUT2D eigenvalue weighted by Crippen LogP contribution is -2.17. The smallest absolute Gasteiger partial charge is 0.271 e. The van der Waals surface area contributed by atoms with Gasteiger partial charge >= 0.3 is 0 Å². The molecule has 0 bridgehead atoms. The molecule has 3 N–H and O–H groups in total. The minimum Gasteiger partial charge on any atom is -0.504 e. The van der Waals surface area contributed by atoms with E-state index in [1.807, 2.05) is 66.7 Å². The highest BCUT2D eigenvalue weighted by Crippen LogP contribution is 2.30. The van der Waals surface area contributed by atoms with Crippen molar-refractivity contribution in [3.8, 4) is 28.4 Å². The van der Waals surface area contributed by atoms with Crippen molar-refractivity contribution in [2.45, 2.75) is 6.61 Å². The minimum absolute atomic E-state index is 0.219. The number of phenols is 2. The van der Waals surface area contributed by atoms with Gasteiger partial charge in [-0.05, 0) is 53.1 Å². The van der Waals surface area contributed by atoms with Gasteiger partial charge in [0.1, 0.15) is 12.4 Å². The van der Waals surface area contributed by atoms with Crippen LogP contribution in [0, 0.1) is 0 Å². The quantitative estimate of drug-likeness (QED) is 0.212. The van der Waals surface area contributed by atoms with Gasteiger partial charge in [-0.15, -0.1) is 0 Å². The number of aromatic hydroxyl groups is 2. The monoisotopic (exact) mass is 438 g/mol. The number of para-hydroxylation sites is 1. The van der Waals surface area contributed by atoms with Crippen LogP contribution in [0.5, 0.6) is 17.2 Å². The van der Waals surface area contributed by atoms with Crippen LogP contribution in [-0.2, 0) is 6.61 Å². The molecule has 6 nitrogen and oxygen atoms in total. The molecule has 33 heavy (non-hydrogen) atoms. The predicted octanol–water partition coefficient (Wildman–Crippen LogP) is 5.11. The van der Waals surface area contributed by atoms with Gasteiger partial charge in [0.05, 0.1) is 6.21 Å². The number of hydrogen-bond donors (Lipinski definition) is 3. The van der Waals surface area contributed by atoms with Crippen molar-refractivity contribution in [2.75, 3.05) is 0 Å². The number of nitrogens with one attached hydrogen (secondary N) is 1. The van der Waals surface area contributed by atoms with Gasteiger partial charge in [-0.25, -0.2) is 5.43 Å². The first-order chi connectivity index (χ1) is 16.1. The largest absolute Gasteiger partial charge is 0.504 e. The highest BCUT2D eigenvalue weighted by atomic mass is 16.5. The van der Waals surface area contributed by atoms with Crippen molar-refractivity contribution >= 4 is 12.1 Å². The highest BCUT2D eigenvalue weighted by Gasteiger charge is 2.07. The summed E-state index contributed by atoms with van der Waals surface area (Å²) in [6.07, 6.45) is 1.38. The van der Waals surface area contributed by atoms with Gasteiger partial charge in [0, 0.05) is 11.1 Å². The molecule has 0 heterocycles. The van der Waals surface area contributed by atoms with Crippen molar-refractivity contribution < 1.29 is 19.7 Å². The molecule has 0 fully saturated rings. The minimum atomic E-state index is -0.365. The summed E-state index contributed by atoms with van der Waals surface area (Å²) in [7, 11) is 0. The second-order valence-electron chi connectivity index (χ2n) is 7.30. The first-order valence-corrected chi connectivity index (χ1v) is 10.3. The molecule has 0 spiro atoms. The molecule has 4 aromatic rings. The number of hydrazone groups is 1. The maximum atomic E-state index is 12.3. The fourth-order valence-electron chi connectivity index (χ4n) is 3.21. The van der Waals surface area contributed by atoms with E-state index in [1.165, 1.54) is 18.3 Å². The van der Waals surface area contributed by atoms with Crippen LogP contribution in [0.1, 0.15) is 21.5 Å². The van der Waals surface area contributed by atoms with Crippen molar-refractivity contribution in [2.24, 2.45) is 5.10 Å². The summed E-state index contributed by atoms with van der Waals surface area (Å²) in [6, 6.07) is 29.3. The summed E-state index contributed by atoms with van der Waals surface area (Å²) < 4.78 is 6.05. The molecular weight excluding hydrogens is 416 g/mol. The van der Waals surface area contributed by atoms with E-state index in [4.69, 9.17) is 4.74 Å². The number of amides is 1. The summed E-state index contributed by atoms with van der Waals surface area (Å²) in [4.78, 5) is 12.3. The van der Waals surface area contributed by atoms with E-state index in [1.54, 1.807) is 18.2 Å². The van der Waals surface area contributed by atoms with Crippen LogP contribution in [0.4, 0.5) is 0 Å². The van der Waals surface area contributed by atoms with E-state index in [2.05, 4.69) is 10.5 Å². The Morgan fingerprint density at radius 1 is 0.848 bits per heavy atom. The maximum absolute atomic E-state index is 12.3. The van der Waals surface area contributed by atoms with Gasteiger partial charge in [0.2, 0.25) is 0 Å². The third kappa shape index (κ3) is 5.57. The summed E-state index contributed by atoms with van der Waals surface area (Å²) in [6.45, 7) is 0.369. The van der Waals surface area contributed by atoms with Crippen LogP contribution in [0.15, 0.2) is 102 Å². The molecule has 0 atom stereocenters. The molecule has 0 aliphatic rings. The van der Waals surface area contributed by atoms with Crippen LogP contribution in [0.2, 0.25) is 0 Å². The molecule has 4 rings (SSSR count). The zero-order valence-corrected chi connectivity index (χ0v) is 17.7. The molecule has 0 unspecified atom stereocenters. The Bertz CT molecular complexity index is 1270. The predicted molar refractivity (Wildman–Crippen MR) is 127 cm³/mol. The molecule has 1 amide bonds. The van der Waals surface area contributed by atoms with Gasteiger partial charge in [-0.3, -0.25) is 4.79 Å². The van der Waals surface area contributed by atoms with Crippen LogP contribution in [0.3, 0.4) is 0 Å². The van der Waals surface area contributed by atoms with E-state index in [-0.39, 0.29) is 17.4 Å². The van der Waals surface area contributed by atoms with Crippen LogP contribution in [-0.4, -0.2) is 22.3 Å². The van der Waals surface area contributed by atoms with E-state index >= 15 is 0 Å². The lowest BCUT2D eigenvalue weighted by molar-refractivity contribution is 0.0955. The number of rotatable bonds is 7. The highest BCUT2D eigenvalue weighted by molar-refractivity contribution is 5.95. The topological polar surface area (TPSA) is 91.2 Å². The van der Waals surface area contributed by atoms with E-state index < -0.39 is 0 Å². The molecule has 0 aromatic heterocycles. The average Bonchev–Trinajstić information content (AvgIpc) is 2.86. The zero-order valence-electron chi connectivity index (χ0n) is 17.7. The standard InChI is InChI=1S/C27H22N2O4/c30-24-15-12-20(16-25(24)31)17-28-29-27(32)22-13-10-19(11-14-22)18-33-26-9-5-4-8-23(26)21-6-2-1-3-7-21/h1-17,30-31H,18H2,(H,29,32)/b28-17+. The zero-order chi connectivity index (χ0) is 23.0. The molecule has 164 valence electrons. The van der Waals surface area contributed by atoms with Crippen molar-refractivity contribution in [3.63, 3.8) is 0 Å². The Kier molecular flexibility index (Phi) is 6.66. The average molecular weight is 438 g/mol. The molecule has 0 aliphatic carbocycles. The van der Waals surface area contributed by atoms with E-state index in [9.17, 15) is 15.0 Å². The maximum Gasteiger partial charge on any atom is 0.271 e. The van der Waals surface area contributed by atoms with Crippen LogP contribution < -0.4 is 10.2 Å². The van der Waals surface area contributed by atoms with Crippen molar-refractivity contribution in [1.29, 1.82) is 0 Å². The molecule has 0 saturated carbocycles. The Morgan fingerprint density at radius 3 is 2.33 bits per heavy atom. The lowest BCUT2D eigenvalue weighted by atomic mass is 10.0. The number of phenolic OH excluding ortho intramolecular Hbond substituents is 2.